The van der Waals surface area contributed by atoms with Crippen molar-refractivity contribution in [1.82, 2.24) is 15.5 Å². The highest BCUT2D eigenvalue weighted by molar-refractivity contribution is 7.99. The van der Waals surface area contributed by atoms with Crippen molar-refractivity contribution in [1.29, 1.82) is 5.26 Å². The van der Waals surface area contributed by atoms with Gasteiger partial charge in [0.05, 0.1) is 11.8 Å². The molecule has 0 aliphatic heterocycles. The van der Waals surface area contributed by atoms with Gasteiger partial charge in [0.25, 0.3) is 5.22 Å². The molecule has 2 rings (SSSR count). The molecule has 1 aromatic heterocycles. The van der Waals surface area contributed by atoms with Crippen molar-refractivity contribution in [3.63, 3.8) is 0 Å². The number of benzene rings is 1. The lowest BCUT2D eigenvalue weighted by atomic mass is 9.90. The van der Waals surface area contributed by atoms with E-state index in [9.17, 15) is 10.1 Å². The largest absolute Gasteiger partial charge is 0.411 e. The predicted octanol–water partition coefficient (Wildman–Crippen LogP) is 3.50. The van der Waals surface area contributed by atoms with E-state index in [1.165, 1.54) is 0 Å². The third kappa shape index (κ3) is 4.83. The Kier molecular flexibility index (Phi) is 5.85. The lowest BCUT2D eigenvalue weighted by Gasteiger charge is -2.27. The second-order valence-corrected chi connectivity index (χ2v) is 7.48. The molecule has 0 radical (unpaired) electrons. The fourth-order valence-corrected chi connectivity index (χ4v) is 2.80. The summed E-state index contributed by atoms with van der Waals surface area (Å²) in [5, 5.41) is 20.4. The monoisotopic (exact) mass is 358 g/mol. The summed E-state index contributed by atoms with van der Waals surface area (Å²) in [4.78, 5) is 12.1. The van der Waals surface area contributed by atoms with Crippen molar-refractivity contribution in [2.24, 2.45) is 5.92 Å². The van der Waals surface area contributed by atoms with Gasteiger partial charge >= 0.3 is 0 Å². The first-order valence-corrected chi connectivity index (χ1v) is 8.99. The van der Waals surface area contributed by atoms with E-state index in [2.05, 4.69) is 27.6 Å². The fourth-order valence-electron chi connectivity index (χ4n) is 2.24. The molecule has 0 aliphatic rings. The summed E-state index contributed by atoms with van der Waals surface area (Å²) in [5.74, 6) is 0.303. The van der Waals surface area contributed by atoms with E-state index in [-0.39, 0.29) is 17.6 Å². The van der Waals surface area contributed by atoms with Crippen LogP contribution in [0.15, 0.2) is 27.8 Å². The van der Waals surface area contributed by atoms with Gasteiger partial charge in [-0.05, 0) is 38.8 Å². The zero-order chi connectivity index (χ0) is 18.6. The highest BCUT2D eigenvalue weighted by Crippen LogP contribution is 2.25. The van der Waals surface area contributed by atoms with Crippen molar-refractivity contribution in [2.45, 2.75) is 45.4 Å². The van der Waals surface area contributed by atoms with Crippen LogP contribution in [0.5, 0.6) is 0 Å². The van der Waals surface area contributed by atoms with Gasteiger partial charge in [0.2, 0.25) is 11.8 Å². The molecule has 0 fully saturated rings. The number of thioether (sulfide) groups is 1. The Hall–Kier alpha value is -2.33. The lowest BCUT2D eigenvalue weighted by Crippen LogP contribution is -2.49. The molecule has 1 aromatic carbocycles. The van der Waals surface area contributed by atoms with Gasteiger partial charge in [-0.25, -0.2) is 0 Å². The highest BCUT2D eigenvalue weighted by atomic mass is 32.2. The molecular weight excluding hydrogens is 336 g/mol. The van der Waals surface area contributed by atoms with E-state index < -0.39 is 5.54 Å². The number of aryl methyl sites for hydroxylation is 2. The van der Waals surface area contributed by atoms with Crippen LogP contribution in [0.3, 0.4) is 0 Å². The molecule has 6 nitrogen and oxygen atoms in total. The number of nitrogens with zero attached hydrogens (tertiary/aromatic N) is 3. The number of amides is 1. The first-order valence-electron chi connectivity index (χ1n) is 8.00. The number of hydrogen-bond donors (Lipinski definition) is 1. The maximum Gasteiger partial charge on any atom is 0.277 e. The van der Waals surface area contributed by atoms with Crippen LogP contribution in [0.2, 0.25) is 0 Å². The maximum absolute atomic E-state index is 12.1. The van der Waals surface area contributed by atoms with Crippen LogP contribution in [0, 0.1) is 31.1 Å². The molecule has 1 atom stereocenters. The van der Waals surface area contributed by atoms with Gasteiger partial charge in [0.15, 0.2) is 0 Å². The smallest absolute Gasteiger partial charge is 0.277 e. The minimum Gasteiger partial charge on any atom is -0.411 e. The number of aromatic nitrogens is 2. The number of nitrogens with one attached hydrogen (secondary N) is 1. The van der Waals surface area contributed by atoms with Gasteiger partial charge in [-0.1, -0.05) is 42.8 Å². The number of hydrogen-bond acceptors (Lipinski definition) is 6. The van der Waals surface area contributed by atoms with Gasteiger partial charge in [0.1, 0.15) is 5.54 Å². The summed E-state index contributed by atoms with van der Waals surface area (Å²) in [6, 6.07) is 8.17. The van der Waals surface area contributed by atoms with Crippen LogP contribution in [0.25, 0.3) is 11.5 Å². The van der Waals surface area contributed by atoms with Crippen LogP contribution >= 0.6 is 11.8 Å². The van der Waals surface area contributed by atoms with E-state index in [0.717, 1.165) is 28.5 Å². The van der Waals surface area contributed by atoms with Crippen LogP contribution < -0.4 is 5.32 Å². The molecule has 1 N–H and O–H groups in total. The second-order valence-electron chi connectivity index (χ2n) is 6.56. The van der Waals surface area contributed by atoms with Gasteiger partial charge < -0.3 is 9.73 Å². The Morgan fingerprint density at radius 2 is 1.96 bits per heavy atom. The molecule has 1 unspecified atom stereocenters. The van der Waals surface area contributed by atoms with Crippen molar-refractivity contribution in [3.8, 4) is 17.5 Å². The molecule has 7 heteroatoms. The van der Waals surface area contributed by atoms with E-state index in [1.54, 1.807) is 6.92 Å². The Morgan fingerprint density at radius 3 is 2.52 bits per heavy atom. The summed E-state index contributed by atoms with van der Waals surface area (Å²) in [7, 11) is 0. The summed E-state index contributed by atoms with van der Waals surface area (Å²) >= 11 is 1.15. The molecule has 1 heterocycles. The van der Waals surface area contributed by atoms with Gasteiger partial charge in [-0.2, -0.15) is 5.26 Å². The van der Waals surface area contributed by atoms with Crippen LogP contribution in [-0.2, 0) is 4.79 Å². The second kappa shape index (κ2) is 7.70. The highest BCUT2D eigenvalue weighted by Gasteiger charge is 2.30. The standard InChI is InChI=1S/C18H22N4O2S/c1-11(2)18(5,10-19)20-15(23)9-25-17-22-21-16(24-17)14-7-12(3)6-13(4)8-14/h6-8,11H,9H2,1-5H3,(H,20,23). The summed E-state index contributed by atoms with van der Waals surface area (Å²) in [5.41, 5.74) is 2.20. The average molecular weight is 358 g/mol. The van der Waals surface area contributed by atoms with Gasteiger partial charge in [-0.3, -0.25) is 4.79 Å². The van der Waals surface area contributed by atoms with Crippen molar-refractivity contribution >= 4 is 17.7 Å². The van der Waals surface area contributed by atoms with Crippen LogP contribution in [0.1, 0.15) is 31.9 Å². The van der Waals surface area contributed by atoms with E-state index in [1.807, 2.05) is 39.8 Å². The number of carbonyl (C=O) groups is 1. The molecule has 25 heavy (non-hydrogen) atoms. The summed E-state index contributed by atoms with van der Waals surface area (Å²) in [6.07, 6.45) is 0. The number of rotatable bonds is 6. The van der Waals surface area contributed by atoms with Crippen molar-refractivity contribution < 1.29 is 9.21 Å². The zero-order valence-electron chi connectivity index (χ0n) is 15.1. The predicted molar refractivity (Wildman–Crippen MR) is 96.9 cm³/mol. The minimum absolute atomic E-state index is 0.00557. The fraction of sp³-hybridized carbons (Fsp3) is 0.444. The molecule has 2 aromatic rings. The molecule has 132 valence electrons. The van der Waals surface area contributed by atoms with Gasteiger partial charge in [-0.15, -0.1) is 10.2 Å². The number of nitriles is 1. The minimum atomic E-state index is -0.892. The van der Waals surface area contributed by atoms with E-state index >= 15 is 0 Å². The summed E-state index contributed by atoms with van der Waals surface area (Å²) in [6.45, 7) is 9.52. The van der Waals surface area contributed by atoms with Crippen molar-refractivity contribution in [2.75, 3.05) is 5.75 Å². The Morgan fingerprint density at radius 1 is 1.32 bits per heavy atom. The zero-order valence-corrected chi connectivity index (χ0v) is 15.9. The van der Waals surface area contributed by atoms with Crippen LogP contribution in [0.4, 0.5) is 0 Å². The SMILES string of the molecule is Cc1cc(C)cc(-c2nnc(SCC(=O)NC(C)(C#N)C(C)C)o2)c1. The molecule has 0 spiro atoms. The first kappa shape index (κ1) is 19.0. The van der Waals surface area contributed by atoms with Crippen LogP contribution in [-0.4, -0.2) is 27.4 Å². The van der Waals surface area contributed by atoms with E-state index in [4.69, 9.17) is 4.42 Å². The third-order valence-electron chi connectivity index (χ3n) is 3.99. The molecular formula is C18H22N4O2S. The Labute approximate surface area is 152 Å². The average Bonchev–Trinajstić information content (AvgIpc) is 3.00. The topological polar surface area (TPSA) is 91.8 Å². The molecule has 0 saturated heterocycles. The Bertz CT molecular complexity index is 789. The van der Waals surface area contributed by atoms with Crippen molar-refractivity contribution in [3.05, 3.63) is 29.3 Å². The molecule has 0 saturated carbocycles. The maximum atomic E-state index is 12.1. The summed E-state index contributed by atoms with van der Waals surface area (Å²) < 4.78 is 5.63. The quantitative estimate of drug-likeness (QED) is 0.795. The first-order chi connectivity index (χ1) is 11.7. The Balaban J connectivity index is 2.00. The molecule has 0 bridgehead atoms. The van der Waals surface area contributed by atoms with E-state index in [0.29, 0.717) is 11.1 Å². The lowest BCUT2D eigenvalue weighted by molar-refractivity contribution is -0.120. The normalized spacial score (nSPS) is 13.3. The molecule has 0 aliphatic carbocycles. The third-order valence-corrected chi connectivity index (χ3v) is 4.81. The molecule has 1 amide bonds. The van der Waals surface area contributed by atoms with Gasteiger partial charge in [0, 0.05) is 5.56 Å². The number of carbonyl (C=O) groups excluding carboxylic acids is 1.